The number of hydrogen-bond acceptors (Lipinski definition) is 2. The summed E-state index contributed by atoms with van der Waals surface area (Å²) in [6.45, 7) is 0. The fourth-order valence-corrected chi connectivity index (χ4v) is 2.83. The predicted octanol–water partition coefficient (Wildman–Crippen LogP) is 3.78. The molecule has 2 aromatic carbocycles. The molecule has 0 saturated carbocycles. The molecule has 3 rings (SSSR count). The highest BCUT2D eigenvalue weighted by atomic mass is 32.1. The predicted molar refractivity (Wildman–Crippen MR) is 63.7 cm³/mol. The molecule has 0 atom stereocenters. The van der Waals surface area contributed by atoms with E-state index < -0.39 is 0 Å². The quantitative estimate of drug-likeness (QED) is 0.570. The molecule has 0 aliphatic carbocycles. The number of benzene rings is 2. The zero-order valence-electron chi connectivity index (χ0n) is 7.83. The van der Waals surface area contributed by atoms with Crippen molar-refractivity contribution in [1.82, 2.24) is 0 Å². The third kappa shape index (κ3) is 1.27. The van der Waals surface area contributed by atoms with Gasteiger partial charge in [-0.05, 0) is 36.4 Å². The van der Waals surface area contributed by atoms with Gasteiger partial charge in [-0.3, -0.25) is 0 Å². The van der Waals surface area contributed by atoms with E-state index in [9.17, 15) is 4.39 Å². The standard InChI is InChI=1S/C12H8FNS/c13-7-1-3-11-9(5-7)10-6-8(14)2-4-12(10)15-11/h1-6H,14H2. The summed E-state index contributed by atoms with van der Waals surface area (Å²) < 4.78 is 15.4. The SMILES string of the molecule is Nc1ccc2sc3ccc(F)cc3c2c1. The van der Waals surface area contributed by atoms with Gasteiger partial charge in [0.2, 0.25) is 0 Å². The van der Waals surface area contributed by atoms with Crippen molar-refractivity contribution in [2.75, 3.05) is 5.73 Å². The lowest BCUT2D eigenvalue weighted by Crippen LogP contribution is -1.81. The summed E-state index contributed by atoms with van der Waals surface area (Å²) >= 11 is 1.66. The van der Waals surface area contributed by atoms with Crippen molar-refractivity contribution in [3.63, 3.8) is 0 Å². The third-order valence-corrected chi connectivity index (χ3v) is 3.61. The van der Waals surface area contributed by atoms with Crippen LogP contribution in [0.1, 0.15) is 0 Å². The Morgan fingerprint density at radius 1 is 0.933 bits per heavy atom. The molecule has 2 N–H and O–H groups in total. The van der Waals surface area contributed by atoms with Crippen LogP contribution >= 0.6 is 11.3 Å². The molecule has 0 bridgehead atoms. The highest BCUT2D eigenvalue weighted by Gasteiger charge is 2.05. The van der Waals surface area contributed by atoms with E-state index in [-0.39, 0.29) is 5.82 Å². The van der Waals surface area contributed by atoms with E-state index in [2.05, 4.69) is 0 Å². The van der Waals surface area contributed by atoms with Gasteiger partial charge in [-0.15, -0.1) is 11.3 Å². The second-order valence-corrected chi connectivity index (χ2v) is 4.58. The van der Waals surface area contributed by atoms with E-state index >= 15 is 0 Å². The average Bonchev–Trinajstić information content (AvgIpc) is 2.56. The van der Waals surface area contributed by atoms with Gasteiger partial charge in [-0.25, -0.2) is 4.39 Å². The van der Waals surface area contributed by atoms with Gasteiger partial charge in [-0.2, -0.15) is 0 Å². The lowest BCUT2D eigenvalue weighted by atomic mass is 10.1. The lowest BCUT2D eigenvalue weighted by molar-refractivity contribution is 0.630. The van der Waals surface area contributed by atoms with E-state index in [1.54, 1.807) is 17.4 Å². The molecule has 0 radical (unpaired) electrons. The fourth-order valence-electron chi connectivity index (χ4n) is 1.77. The van der Waals surface area contributed by atoms with Crippen molar-refractivity contribution >= 4 is 37.2 Å². The summed E-state index contributed by atoms with van der Waals surface area (Å²) in [6, 6.07) is 10.6. The Labute approximate surface area is 89.9 Å². The summed E-state index contributed by atoms with van der Waals surface area (Å²) in [6.07, 6.45) is 0. The van der Waals surface area contributed by atoms with Crippen LogP contribution in [0, 0.1) is 5.82 Å². The van der Waals surface area contributed by atoms with Crippen molar-refractivity contribution in [1.29, 1.82) is 0 Å². The molecule has 3 aromatic rings. The second-order valence-electron chi connectivity index (χ2n) is 3.50. The highest BCUT2D eigenvalue weighted by molar-refractivity contribution is 7.25. The average molecular weight is 217 g/mol. The first-order valence-electron chi connectivity index (χ1n) is 4.61. The van der Waals surface area contributed by atoms with Gasteiger partial charge in [-0.1, -0.05) is 0 Å². The molecule has 0 spiro atoms. The Bertz CT molecular complexity index is 601. The second kappa shape index (κ2) is 2.94. The molecule has 0 aliphatic rings. The number of rotatable bonds is 0. The summed E-state index contributed by atoms with van der Waals surface area (Å²) in [4.78, 5) is 0. The molecule has 1 heterocycles. The highest BCUT2D eigenvalue weighted by Crippen LogP contribution is 2.34. The van der Waals surface area contributed by atoms with Gasteiger partial charge in [0.1, 0.15) is 5.82 Å². The van der Waals surface area contributed by atoms with Gasteiger partial charge in [0.05, 0.1) is 0 Å². The van der Waals surface area contributed by atoms with Crippen LogP contribution in [0.3, 0.4) is 0 Å². The maximum Gasteiger partial charge on any atom is 0.123 e. The maximum atomic E-state index is 13.1. The first kappa shape index (κ1) is 8.68. The van der Waals surface area contributed by atoms with Crippen molar-refractivity contribution in [2.45, 2.75) is 0 Å². The van der Waals surface area contributed by atoms with Gasteiger partial charge in [0.15, 0.2) is 0 Å². The minimum atomic E-state index is -0.204. The number of fused-ring (bicyclic) bond motifs is 3. The van der Waals surface area contributed by atoms with Crippen LogP contribution in [0.2, 0.25) is 0 Å². The number of anilines is 1. The molecule has 0 amide bonds. The van der Waals surface area contributed by atoms with Crippen LogP contribution in [0.15, 0.2) is 36.4 Å². The van der Waals surface area contributed by atoms with Crippen molar-refractivity contribution in [3.05, 3.63) is 42.2 Å². The van der Waals surface area contributed by atoms with Crippen molar-refractivity contribution in [3.8, 4) is 0 Å². The minimum Gasteiger partial charge on any atom is -0.399 e. The van der Waals surface area contributed by atoms with Crippen LogP contribution in [-0.2, 0) is 0 Å². The summed E-state index contributed by atoms with van der Waals surface area (Å²) in [5.41, 5.74) is 6.44. The first-order valence-corrected chi connectivity index (χ1v) is 5.43. The van der Waals surface area contributed by atoms with Crippen molar-refractivity contribution in [2.24, 2.45) is 0 Å². The van der Waals surface area contributed by atoms with Crippen LogP contribution in [0.4, 0.5) is 10.1 Å². The molecule has 0 fully saturated rings. The van der Waals surface area contributed by atoms with E-state index in [1.807, 2.05) is 24.3 Å². The van der Waals surface area contributed by atoms with E-state index in [1.165, 1.54) is 6.07 Å². The van der Waals surface area contributed by atoms with E-state index in [4.69, 9.17) is 5.73 Å². The number of thiophene rings is 1. The minimum absolute atomic E-state index is 0.204. The van der Waals surface area contributed by atoms with Gasteiger partial charge >= 0.3 is 0 Å². The van der Waals surface area contributed by atoms with E-state index in [0.29, 0.717) is 5.69 Å². The van der Waals surface area contributed by atoms with E-state index in [0.717, 1.165) is 20.2 Å². The molecular weight excluding hydrogens is 209 g/mol. The van der Waals surface area contributed by atoms with Gasteiger partial charge < -0.3 is 5.73 Å². The maximum absolute atomic E-state index is 13.1. The molecule has 1 nitrogen and oxygen atoms in total. The summed E-state index contributed by atoms with van der Waals surface area (Å²) in [5, 5.41) is 1.98. The fraction of sp³-hybridized carbons (Fsp3) is 0. The largest absolute Gasteiger partial charge is 0.399 e. The monoisotopic (exact) mass is 217 g/mol. The third-order valence-electron chi connectivity index (χ3n) is 2.46. The molecule has 15 heavy (non-hydrogen) atoms. The summed E-state index contributed by atoms with van der Waals surface area (Å²) in [5.74, 6) is -0.204. The Morgan fingerprint density at radius 2 is 1.60 bits per heavy atom. The van der Waals surface area contributed by atoms with Crippen LogP contribution in [-0.4, -0.2) is 0 Å². The molecule has 0 saturated heterocycles. The molecule has 74 valence electrons. The zero-order valence-corrected chi connectivity index (χ0v) is 8.64. The van der Waals surface area contributed by atoms with Gasteiger partial charge in [0, 0.05) is 25.9 Å². The first-order chi connectivity index (χ1) is 7.24. The van der Waals surface area contributed by atoms with Crippen LogP contribution < -0.4 is 5.73 Å². The smallest absolute Gasteiger partial charge is 0.123 e. The number of nitrogens with two attached hydrogens (primary N) is 1. The molecule has 3 heteroatoms. The normalized spacial score (nSPS) is 11.3. The topological polar surface area (TPSA) is 26.0 Å². The Kier molecular flexibility index (Phi) is 1.70. The van der Waals surface area contributed by atoms with Crippen LogP contribution in [0.5, 0.6) is 0 Å². The lowest BCUT2D eigenvalue weighted by Gasteiger charge is -1.94. The van der Waals surface area contributed by atoms with Gasteiger partial charge in [0.25, 0.3) is 0 Å². The Hall–Kier alpha value is -1.61. The molecular formula is C12H8FNS. The molecule has 0 unspecified atom stereocenters. The Balaban J connectivity index is 2.55. The zero-order chi connectivity index (χ0) is 10.4. The number of nitrogen functional groups attached to an aromatic ring is 1. The number of hydrogen-bond donors (Lipinski definition) is 1. The number of halogens is 1. The van der Waals surface area contributed by atoms with Crippen LogP contribution in [0.25, 0.3) is 20.2 Å². The Morgan fingerprint density at radius 3 is 2.40 bits per heavy atom. The summed E-state index contributed by atoms with van der Waals surface area (Å²) in [7, 11) is 0. The molecule has 1 aromatic heterocycles. The van der Waals surface area contributed by atoms with Crippen molar-refractivity contribution < 1.29 is 4.39 Å². The molecule has 0 aliphatic heterocycles.